The van der Waals surface area contributed by atoms with Gasteiger partial charge in [-0.05, 0) is 29.7 Å². The molecule has 0 saturated heterocycles. The fourth-order valence-electron chi connectivity index (χ4n) is 2.55. The highest BCUT2D eigenvalue weighted by molar-refractivity contribution is 5.80. The molecule has 0 atom stereocenters. The number of carbonyl (C=O) groups excluding carboxylic acids is 1. The summed E-state index contributed by atoms with van der Waals surface area (Å²) in [7, 11) is 0. The first-order valence-electron chi connectivity index (χ1n) is 8.91. The van der Waals surface area contributed by atoms with Crippen molar-refractivity contribution < 1.29 is 14.5 Å². The summed E-state index contributed by atoms with van der Waals surface area (Å²) in [6, 6.07) is 16.3. The van der Waals surface area contributed by atoms with Gasteiger partial charge in [0.05, 0.1) is 11.3 Å². The summed E-state index contributed by atoms with van der Waals surface area (Å²) in [5.74, 6) is -0.370. The Balaban J connectivity index is 1.73. The maximum Gasteiger partial charge on any atom is 0.374 e. The molecule has 0 aliphatic carbocycles. The molecular weight excluding hydrogens is 374 g/mol. The molecule has 0 aliphatic rings. The third-order valence-electron chi connectivity index (χ3n) is 4.05. The standard InChI is InChI=1S/C20H19N5O4/c1-2-14-8-10-16(11-9-14)29-20-18(25(27)28)19(21-13-22-20)24-23-17(26)12-15-6-4-3-5-7-15/h3-11,13H,2,12H2,1H3,(H,23,26)(H,21,22,24). The number of carbonyl (C=O) groups is 1. The fourth-order valence-corrected chi connectivity index (χ4v) is 2.55. The minimum atomic E-state index is -0.665. The molecule has 2 N–H and O–H groups in total. The zero-order valence-corrected chi connectivity index (χ0v) is 15.7. The number of ether oxygens (including phenoxy) is 1. The van der Waals surface area contributed by atoms with E-state index in [1.165, 1.54) is 0 Å². The number of hydrogen-bond acceptors (Lipinski definition) is 7. The summed E-state index contributed by atoms with van der Waals surface area (Å²) < 4.78 is 5.57. The van der Waals surface area contributed by atoms with Crippen molar-refractivity contribution in [3.63, 3.8) is 0 Å². The number of nitrogens with zero attached hydrogens (tertiary/aromatic N) is 3. The summed E-state index contributed by atoms with van der Waals surface area (Å²) >= 11 is 0. The van der Waals surface area contributed by atoms with E-state index in [0.717, 1.165) is 23.9 Å². The lowest BCUT2D eigenvalue weighted by Crippen LogP contribution is -2.31. The molecule has 9 heteroatoms. The molecule has 9 nitrogen and oxygen atoms in total. The number of aryl methyl sites for hydroxylation is 1. The lowest BCUT2D eigenvalue weighted by Gasteiger charge is -2.10. The first kappa shape index (κ1) is 19.7. The summed E-state index contributed by atoms with van der Waals surface area (Å²) in [5.41, 5.74) is 6.33. The molecule has 0 unspecified atom stereocenters. The van der Waals surface area contributed by atoms with Gasteiger partial charge in [0, 0.05) is 0 Å². The monoisotopic (exact) mass is 393 g/mol. The summed E-state index contributed by atoms with van der Waals surface area (Å²) in [6.07, 6.45) is 2.10. The molecule has 1 aromatic heterocycles. The van der Waals surface area contributed by atoms with E-state index in [9.17, 15) is 14.9 Å². The van der Waals surface area contributed by atoms with E-state index in [1.54, 1.807) is 12.1 Å². The molecule has 3 aromatic rings. The number of aromatic nitrogens is 2. The fraction of sp³-hybridized carbons (Fsp3) is 0.150. The smallest absolute Gasteiger partial charge is 0.374 e. The third-order valence-corrected chi connectivity index (χ3v) is 4.05. The predicted molar refractivity (Wildman–Crippen MR) is 106 cm³/mol. The van der Waals surface area contributed by atoms with Crippen LogP contribution >= 0.6 is 0 Å². The molecule has 29 heavy (non-hydrogen) atoms. The normalized spacial score (nSPS) is 10.2. The van der Waals surface area contributed by atoms with Crippen molar-refractivity contribution in [2.75, 3.05) is 5.43 Å². The number of hydrogen-bond donors (Lipinski definition) is 2. The van der Waals surface area contributed by atoms with Gasteiger partial charge in [0.15, 0.2) is 0 Å². The van der Waals surface area contributed by atoms with Crippen LogP contribution in [0.2, 0.25) is 0 Å². The van der Waals surface area contributed by atoms with E-state index < -0.39 is 10.6 Å². The zero-order valence-electron chi connectivity index (χ0n) is 15.7. The Labute approximate surface area is 166 Å². The van der Waals surface area contributed by atoms with Crippen LogP contribution in [0.3, 0.4) is 0 Å². The van der Waals surface area contributed by atoms with Gasteiger partial charge in [0.2, 0.25) is 11.7 Å². The molecule has 3 rings (SSSR count). The van der Waals surface area contributed by atoms with Gasteiger partial charge in [-0.3, -0.25) is 25.8 Å². The highest BCUT2D eigenvalue weighted by Crippen LogP contribution is 2.33. The van der Waals surface area contributed by atoms with E-state index in [-0.39, 0.29) is 24.0 Å². The zero-order chi connectivity index (χ0) is 20.6. The third kappa shape index (κ3) is 5.25. The molecule has 0 saturated carbocycles. The molecule has 2 aromatic carbocycles. The first-order valence-corrected chi connectivity index (χ1v) is 8.91. The van der Waals surface area contributed by atoms with Crippen LogP contribution in [0.15, 0.2) is 60.9 Å². The van der Waals surface area contributed by atoms with Crippen molar-refractivity contribution >= 4 is 17.4 Å². The quantitative estimate of drug-likeness (QED) is 0.444. The van der Waals surface area contributed by atoms with Gasteiger partial charge in [-0.2, -0.15) is 4.98 Å². The van der Waals surface area contributed by atoms with Crippen LogP contribution < -0.4 is 15.6 Å². The van der Waals surface area contributed by atoms with Crippen molar-refractivity contribution in [2.45, 2.75) is 19.8 Å². The average molecular weight is 393 g/mol. The number of nitro groups is 1. The lowest BCUT2D eigenvalue weighted by molar-refractivity contribution is -0.385. The van der Waals surface area contributed by atoms with Gasteiger partial charge in [0.1, 0.15) is 12.1 Å². The van der Waals surface area contributed by atoms with Crippen LogP contribution in [0.5, 0.6) is 11.6 Å². The Morgan fingerprint density at radius 1 is 1.07 bits per heavy atom. The van der Waals surface area contributed by atoms with E-state index in [1.807, 2.05) is 49.4 Å². The first-order chi connectivity index (χ1) is 14.1. The van der Waals surface area contributed by atoms with Crippen LogP contribution in [0.4, 0.5) is 11.5 Å². The van der Waals surface area contributed by atoms with E-state index >= 15 is 0 Å². The molecule has 0 bridgehead atoms. The largest absolute Gasteiger partial charge is 0.434 e. The van der Waals surface area contributed by atoms with Crippen LogP contribution in [0, 0.1) is 10.1 Å². The Hall–Kier alpha value is -4.01. The van der Waals surface area contributed by atoms with Gasteiger partial charge < -0.3 is 4.74 Å². The molecule has 0 radical (unpaired) electrons. The van der Waals surface area contributed by atoms with Gasteiger partial charge in [-0.1, -0.05) is 49.4 Å². The van der Waals surface area contributed by atoms with Gasteiger partial charge in [-0.15, -0.1) is 0 Å². The second kappa shape index (κ2) is 9.27. The summed E-state index contributed by atoms with van der Waals surface area (Å²) in [5, 5.41) is 11.6. The number of amides is 1. The van der Waals surface area contributed by atoms with E-state index in [0.29, 0.717) is 5.75 Å². The maximum atomic E-state index is 12.1. The topological polar surface area (TPSA) is 119 Å². The Bertz CT molecular complexity index is 994. The van der Waals surface area contributed by atoms with E-state index in [2.05, 4.69) is 20.8 Å². The summed E-state index contributed by atoms with van der Waals surface area (Å²) in [4.78, 5) is 30.7. The van der Waals surface area contributed by atoms with Gasteiger partial charge in [0.25, 0.3) is 0 Å². The van der Waals surface area contributed by atoms with E-state index in [4.69, 9.17) is 4.74 Å². The molecule has 148 valence electrons. The lowest BCUT2D eigenvalue weighted by atomic mass is 10.1. The van der Waals surface area contributed by atoms with Crippen LogP contribution in [-0.4, -0.2) is 20.8 Å². The second-order valence-electron chi connectivity index (χ2n) is 6.07. The molecule has 1 amide bonds. The highest BCUT2D eigenvalue weighted by atomic mass is 16.6. The Kier molecular flexibility index (Phi) is 6.31. The van der Waals surface area contributed by atoms with Gasteiger partial charge in [-0.25, -0.2) is 4.98 Å². The SMILES string of the molecule is CCc1ccc(Oc2ncnc(NNC(=O)Cc3ccccc3)c2[N+](=O)[O-])cc1. The van der Waals surface area contributed by atoms with Gasteiger partial charge >= 0.3 is 11.6 Å². The Morgan fingerprint density at radius 2 is 1.79 bits per heavy atom. The number of benzene rings is 2. The van der Waals surface area contributed by atoms with Crippen LogP contribution in [0.25, 0.3) is 0 Å². The Morgan fingerprint density at radius 3 is 2.45 bits per heavy atom. The van der Waals surface area contributed by atoms with Crippen molar-refractivity contribution in [3.05, 3.63) is 82.2 Å². The maximum absolute atomic E-state index is 12.1. The molecule has 0 spiro atoms. The van der Waals surface area contributed by atoms with Crippen molar-refractivity contribution in [2.24, 2.45) is 0 Å². The minimum absolute atomic E-state index is 0.111. The molecule has 0 aliphatic heterocycles. The number of anilines is 1. The number of nitrogens with one attached hydrogen (secondary N) is 2. The van der Waals surface area contributed by atoms with Crippen molar-refractivity contribution in [1.29, 1.82) is 0 Å². The predicted octanol–water partition coefficient (Wildman–Crippen LogP) is 3.43. The van der Waals surface area contributed by atoms with Crippen molar-refractivity contribution in [1.82, 2.24) is 15.4 Å². The minimum Gasteiger partial charge on any atom is -0.434 e. The van der Waals surface area contributed by atoms with Crippen LogP contribution in [0.1, 0.15) is 18.1 Å². The number of hydrazine groups is 1. The van der Waals surface area contributed by atoms with Crippen LogP contribution in [-0.2, 0) is 17.6 Å². The number of rotatable bonds is 8. The summed E-state index contributed by atoms with van der Waals surface area (Å²) in [6.45, 7) is 2.02. The average Bonchev–Trinajstić information content (AvgIpc) is 2.73. The second-order valence-corrected chi connectivity index (χ2v) is 6.07. The molecule has 1 heterocycles. The molecular formula is C20H19N5O4. The molecule has 0 fully saturated rings. The highest BCUT2D eigenvalue weighted by Gasteiger charge is 2.25. The van der Waals surface area contributed by atoms with Crippen molar-refractivity contribution in [3.8, 4) is 11.6 Å².